The van der Waals surface area contributed by atoms with Crippen molar-refractivity contribution in [2.45, 2.75) is 26.3 Å². The van der Waals surface area contributed by atoms with E-state index in [4.69, 9.17) is 16.3 Å². The first-order valence-corrected chi connectivity index (χ1v) is 6.69. The quantitative estimate of drug-likeness (QED) is 0.860. The van der Waals surface area contributed by atoms with Gasteiger partial charge in [-0.05, 0) is 20.3 Å². The molecule has 2 unspecified atom stereocenters. The molecule has 0 aliphatic carbocycles. The van der Waals surface area contributed by atoms with E-state index in [2.05, 4.69) is 27.5 Å². The van der Waals surface area contributed by atoms with Gasteiger partial charge in [-0.25, -0.2) is 4.98 Å². The minimum atomic E-state index is 0.286. The molecule has 2 atom stereocenters. The molecule has 1 aliphatic rings. The highest BCUT2D eigenvalue weighted by atomic mass is 35.5. The van der Waals surface area contributed by atoms with Crippen molar-refractivity contribution in [2.75, 3.05) is 30.4 Å². The predicted octanol–water partition coefficient (Wildman–Crippen LogP) is 2.40. The Morgan fingerprint density at radius 3 is 3.11 bits per heavy atom. The van der Waals surface area contributed by atoms with E-state index in [0.717, 1.165) is 26.2 Å². The second-order valence-corrected chi connectivity index (χ2v) is 4.88. The summed E-state index contributed by atoms with van der Waals surface area (Å²) in [6, 6.07) is 0.286. The zero-order valence-corrected chi connectivity index (χ0v) is 11.5. The maximum Gasteiger partial charge on any atom is 0.224 e. The summed E-state index contributed by atoms with van der Waals surface area (Å²) in [4.78, 5) is 8.48. The first-order chi connectivity index (χ1) is 8.70. The van der Waals surface area contributed by atoms with E-state index in [9.17, 15) is 0 Å². The van der Waals surface area contributed by atoms with Crippen molar-refractivity contribution < 1.29 is 4.74 Å². The molecule has 18 heavy (non-hydrogen) atoms. The van der Waals surface area contributed by atoms with Crippen LogP contribution in [0.25, 0.3) is 0 Å². The standard InChI is InChI=1S/C12H19ClN4O/c1-3-14-12-15-6-10(13)11(17-12)16-8(2)9-4-5-18-7-9/h6,8-9H,3-5,7H2,1-2H3,(H2,14,15,16,17). The summed E-state index contributed by atoms with van der Waals surface area (Å²) in [5, 5.41) is 6.96. The SMILES string of the molecule is CCNc1ncc(Cl)c(NC(C)C2CCOC2)n1. The molecule has 0 amide bonds. The van der Waals surface area contributed by atoms with Crippen LogP contribution in [0.3, 0.4) is 0 Å². The number of hydrogen-bond donors (Lipinski definition) is 2. The van der Waals surface area contributed by atoms with Crippen LogP contribution < -0.4 is 10.6 Å². The number of nitrogens with one attached hydrogen (secondary N) is 2. The van der Waals surface area contributed by atoms with Gasteiger partial charge in [-0.3, -0.25) is 0 Å². The molecule has 0 aromatic carbocycles. The van der Waals surface area contributed by atoms with Crippen LogP contribution in [0.4, 0.5) is 11.8 Å². The van der Waals surface area contributed by atoms with Gasteiger partial charge in [0.1, 0.15) is 5.02 Å². The Morgan fingerprint density at radius 1 is 1.61 bits per heavy atom. The van der Waals surface area contributed by atoms with Crippen molar-refractivity contribution in [1.29, 1.82) is 0 Å². The molecular weight excluding hydrogens is 252 g/mol. The molecule has 100 valence electrons. The monoisotopic (exact) mass is 270 g/mol. The summed E-state index contributed by atoms with van der Waals surface area (Å²) < 4.78 is 5.39. The highest BCUT2D eigenvalue weighted by Crippen LogP contribution is 2.24. The largest absolute Gasteiger partial charge is 0.381 e. The van der Waals surface area contributed by atoms with Gasteiger partial charge in [0, 0.05) is 25.1 Å². The Morgan fingerprint density at radius 2 is 2.44 bits per heavy atom. The summed E-state index contributed by atoms with van der Waals surface area (Å²) in [5.74, 6) is 1.79. The van der Waals surface area contributed by atoms with Gasteiger partial charge in [0.15, 0.2) is 5.82 Å². The number of ether oxygens (including phenoxy) is 1. The molecule has 0 radical (unpaired) electrons. The molecular formula is C12H19ClN4O. The Bertz CT molecular complexity index is 396. The third-order valence-electron chi connectivity index (χ3n) is 3.12. The van der Waals surface area contributed by atoms with E-state index in [0.29, 0.717) is 22.7 Å². The lowest BCUT2D eigenvalue weighted by Gasteiger charge is -2.20. The van der Waals surface area contributed by atoms with Crippen molar-refractivity contribution in [3.05, 3.63) is 11.2 Å². The number of halogens is 1. The average Bonchev–Trinajstić information content (AvgIpc) is 2.87. The van der Waals surface area contributed by atoms with Gasteiger partial charge in [0.25, 0.3) is 0 Å². The van der Waals surface area contributed by atoms with Crippen LogP contribution in [0.15, 0.2) is 6.20 Å². The van der Waals surface area contributed by atoms with Crippen molar-refractivity contribution in [2.24, 2.45) is 5.92 Å². The fourth-order valence-electron chi connectivity index (χ4n) is 1.99. The van der Waals surface area contributed by atoms with Crippen LogP contribution >= 0.6 is 11.6 Å². The zero-order chi connectivity index (χ0) is 13.0. The second-order valence-electron chi connectivity index (χ2n) is 4.48. The predicted molar refractivity (Wildman–Crippen MR) is 73.2 cm³/mol. The number of aromatic nitrogens is 2. The first-order valence-electron chi connectivity index (χ1n) is 6.31. The summed E-state index contributed by atoms with van der Waals surface area (Å²) in [6.45, 7) is 6.56. The Hall–Kier alpha value is -1.07. The summed E-state index contributed by atoms with van der Waals surface area (Å²) in [7, 11) is 0. The lowest BCUT2D eigenvalue weighted by Crippen LogP contribution is -2.27. The smallest absolute Gasteiger partial charge is 0.224 e. The van der Waals surface area contributed by atoms with Gasteiger partial charge in [0.05, 0.1) is 12.8 Å². The van der Waals surface area contributed by atoms with Gasteiger partial charge < -0.3 is 15.4 Å². The summed E-state index contributed by atoms with van der Waals surface area (Å²) >= 11 is 6.10. The lowest BCUT2D eigenvalue weighted by molar-refractivity contribution is 0.183. The van der Waals surface area contributed by atoms with Gasteiger partial charge in [-0.15, -0.1) is 0 Å². The Balaban J connectivity index is 2.04. The molecule has 1 aliphatic heterocycles. The Kier molecular flexibility index (Phi) is 4.60. The van der Waals surface area contributed by atoms with Gasteiger partial charge in [-0.1, -0.05) is 11.6 Å². The van der Waals surface area contributed by atoms with E-state index in [-0.39, 0.29) is 6.04 Å². The molecule has 1 aromatic rings. The normalized spacial score (nSPS) is 20.7. The number of hydrogen-bond acceptors (Lipinski definition) is 5. The van der Waals surface area contributed by atoms with Crippen molar-refractivity contribution in [3.63, 3.8) is 0 Å². The fraction of sp³-hybridized carbons (Fsp3) is 0.667. The molecule has 2 rings (SSSR count). The zero-order valence-electron chi connectivity index (χ0n) is 10.7. The average molecular weight is 271 g/mol. The maximum absolute atomic E-state index is 6.10. The van der Waals surface area contributed by atoms with Crippen molar-refractivity contribution in [1.82, 2.24) is 9.97 Å². The van der Waals surface area contributed by atoms with Gasteiger partial charge in [0.2, 0.25) is 5.95 Å². The lowest BCUT2D eigenvalue weighted by atomic mass is 10.0. The summed E-state index contributed by atoms with van der Waals surface area (Å²) in [6.07, 6.45) is 2.70. The number of anilines is 2. The Labute approximate surface area is 112 Å². The molecule has 6 heteroatoms. The van der Waals surface area contributed by atoms with E-state index < -0.39 is 0 Å². The molecule has 1 saturated heterocycles. The van der Waals surface area contributed by atoms with E-state index in [1.54, 1.807) is 6.20 Å². The summed E-state index contributed by atoms with van der Waals surface area (Å²) in [5.41, 5.74) is 0. The minimum Gasteiger partial charge on any atom is -0.381 e. The second kappa shape index (κ2) is 6.20. The van der Waals surface area contributed by atoms with Gasteiger partial charge in [-0.2, -0.15) is 4.98 Å². The van der Waals surface area contributed by atoms with Crippen LogP contribution in [0.2, 0.25) is 5.02 Å². The fourth-order valence-corrected chi connectivity index (χ4v) is 2.14. The molecule has 1 fully saturated rings. The number of nitrogens with zero attached hydrogens (tertiary/aromatic N) is 2. The van der Waals surface area contributed by atoms with Gasteiger partial charge >= 0.3 is 0 Å². The third kappa shape index (κ3) is 3.23. The van der Waals surface area contributed by atoms with E-state index >= 15 is 0 Å². The van der Waals surface area contributed by atoms with Crippen LogP contribution in [0.1, 0.15) is 20.3 Å². The molecule has 2 heterocycles. The molecule has 0 spiro atoms. The molecule has 0 saturated carbocycles. The van der Waals surface area contributed by atoms with Crippen LogP contribution in [-0.4, -0.2) is 35.8 Å². The van der Waals surface area contributed by atoms with Crippen molar-refractivity contribution >= 4 is 23.4 Å². The van der Waals surface area contributed by atoms with Crippen molar-refractivity contribution in [3.8, 4) is 0 Å². The maximum atomic E-state index is 6.10. The van der Waals surface area contributed by atoms with E-state index in [1.165, 1.54) is 0 Å². The van der Waals surface area contributed by atoms with E-state index in [1.807, 2.05) is 6.92 Å². The molecule has 1 aromatic heterocycles. The van der Waals surface area contributed by atoms with Crippen LogP contribution in [-0.2, 0) is 4.74 Å². The highest BCUT2D eigenvalue weighted by Gasteiger charge is 2.23. The third-order valence-corrected chi connectivity index (χ3v) is 3.39. The molecule has 0 bridgehead atoms. The molecule has 5 nitrogen and oxygen atoms in total. The highest BCUT2D eigenvalue weighted by molar-refractivity contribution is 6.32. The first kappa shape index (κ1) is 13.4. The number of rotatable bonds is 5. The van der Waals surface area contributed by atoms with Crippen LogP contribution in [0.5, 0.6) is 0 Å². The minimum absolute atomic E-state index is 0.286. The topological polar surface area (TPSA) is 59.1 Å². The molecule has 2 N–H and O–H groups in total. The van der Waals surface area contributed by atoms with Crippen LogP contribution in [0, 0.1) is 5.92 Å².